The summed E-state index contributed by atoms with van der Waals surface area (Å²) < 4.78 is 33.4. The Hall–Kier alpha value is -0.670. The number of para-hydroxylation sites is 1. The van der Waals surface area contributed by atoms with Crippen molar-refractivity contribution in [1.29, 1.82) is 0 Å². The van der Waals surface area contributed by atoms with Crippen molar-refractivity contribution in [3.63, 3.8) is 0 Å². The maximum absolute atomic E-state index is 10.8. The minimum atomic E-state index is -4.35. The van der Waals surface area contributed by atoms with Gasteiger partial charge in [-0.25, -0.2) is 4.98 Å². The number of hydrogen-bond acceptors (Lipinski definition) is 4. The molecule has 0 aliphatic rings. The molecule has 2 N–H and O–H groups in total. The number of thiazole rings is 1. The van der Waals surface area contributed by atoms with Gasteiger partial charge in [-0.3, -0.25) is 9.27 Å². The topological polar surface area (TPSA) is 79.3 Å². The minimum absolute atomic E-state index is 0. The zero-order valence-corrected chi connectivity index (χ0v) is 15.8. The van der Waals surface area contributed by atoms with E-state index in [-0.39, 0.29) is 40.3 Å². The Kier molecular flexibility index (Phi) is 5.50. The van der Waals surface area contributed by atoms with Crippen LogP contribution < -0.4 is 4.72 Å². The molecule has 0 unspecified atom stereocenters. The summed E-state index contributed by atoms with van der Waals surface area (Å²) in [4.78, 5) is 4.50. The third-order valence-electron chi connectivity index (χ3n) is 2.75. The van der Waals surface area contributed by atoms with Gasteiger partial charge in [0.2, 0.25) is 0 Å². The molecular weight excluding hydrogens is 355 g/mol. The zero-order chi connectivity index (χ0) is 15.0. The number of nitrogens with one attached hydrogen (secondary N) is 1. The van der Waals surface area contributed by atoms with Gasteiger partial charge in [0.15, 0.2) is 0 Å². The standard InChI is InChI=1S/C13H9ClN2O3S2.Na/c14-9-7-8(5-6-10(9)16-21(17,18)19)13-15-11-3-1-2-4-12(11)20-13;/h1-7,16H,(H,17,18,19);. The number of rotatable bonds is 3. The summed E-state index contributed by atoms with van der Waals surface area (Å²) in [7, 11) is -4.35. The first-order chi connectivity index (χ1) is 9.92. The fraction of sp³-hybridized carbons (Fsp3) is 0. The third kappa shape index (κ3) is 3.99. The van der Waals surface area contributed by atoms with E-state index in [0.717, 1.165) is 20.8 Å². The van der Waals surface area contributed by atoms with E-state index >= 15 is 0 Å². The molecule has 109 valence electrons. The fourth-order valence-corrected chi connectivity index (χ4v) is 3.57. The molecule has 2 aromatic carbocycles. The average Bonchev–Trinajstić information content (AvgIpc) is 2.83. The van der Waals surface area contributed by atoms with Gasteiger partial charge in [0.05, 0.1) is 20.9 Å². The Bertz CT molecular complexity index is 895. The van der Waals surface area contributed by atoms with Crippen LogP contribution in [0.3, 0.4) is 0 Å². The third-order valence-corrected chi connectivity index (χ3v) is 4.62. The van der Waals surface area contributed by atoms with E-state index in [1.54, 1.807) is 12.1 Å². The van der Waals surface area contributed by atoms with Crippen LogP contribution in [0.1, 0.15) is 0 Å². The van der Waals surface area contributed by atoms with Crippen molar-refractivity contribution in [2.45, 2.75) is 0 Å². The maximum atomic E-state index is 10.8. The fourth-order valence-electron chi connectivity index (χ4n) is 1.87. The molecule has 0 aliphatic heterocycles. The number of benzene rings is 2. The van der Waals surface area contributed by atoms with Gasteiger partial charge in [0.1, 0.15) is 5.01 Å². The monoisotopic (exact) mass is 363 g/mol. The van der Waals surface area contributed by atoms with Gasteiger partial charge in [0.25, 0.3) is 0 Å². The largest absolute Gasteiger partial charge is 0.357 e. The van der Waals surface area contributed by atoms with Crippen LogP contribution in [0.5, 0.6) is 0 Å². The van der Waals surface area contributed by atoms with Crippen molar-refractivity contribution in [3.05, 3.63) is 47.5 Å². The summed E-state index contributed by atoms with van der Waals surface area (Å²) in [6.07, 6.45) is 0. The smallest absolute Gasteiger partial charge is 0.269 e. The van der Waals surface area contributed by atoms with Crippen LogP contribution in [-0.2, 0) is 10.3 Å². The summed E-state index contributed by atoms with van der Waals surface area (Å²) in [6, 6.07) is 12.5. The van der Waals surface area contributed by atoms with Gasteiger partial charge in [-0.2, -0.15) is 8.42 Å². The van der Waals surface area contributed by atoms with Crippen molar-refractivity contribution in [2.24, 2.45) is 0 Å². The SMILES string of the molecule is O=S(=O)(O)Nc1ccc(-c2nc3ccccc3s2)cc1Cl.[Na]. The number of anilines is 1. The van der Waals surface area contributed by atoms with Crippen molar-refractivity contribution in [2.75, 3.05) is 4.72 Å². The number of nitrogens with zero attached hydrogens (tertiary/aromatic N) is 1. The van der Waals surface area contributed by atoms with Crippen LogP contribution in [0.4, 0.5) is 5.69 Å². The van der Waals surface area contributed by atoms with Crippen LogP contribution >= 0.6 is 22.9 Å². The summed E-state index contributed by atoms with van der Waals surface area (Å²) >= 11 is 7.54. The molecule has 1 heterocycles. The molecule has 0 atom stereocenters. The molecule has 0 amide bonds. The van der Waals surface area contributed by atoms with Gasteiger partial charge in [-0.05, 0) is 30.3 Å². The molecule has 1 aromatic heterocycles. The van der Waals surface area contributed by atoms with Gasteiger partial charge in [-0.1, -0.05) is 23.7 Å². The van der Waals surface area contributed by atoms with Gasteiger partial charge in [0, 0.05) is 35.1 Å². The molecule has 1 radical (unpaired) electrons. The molecule has 9 heteroatoms. The Morgan fingerprint density at radius 1 is 1.18 bits per heavy atom. The van der Waals surface area contributed by atoms with E-state index in [4.69, 9.17) is 16.2 Å². The van der Waals surface area contributed by atoms with E-state index in [0.29, 0.717) is 0 Å². The number of aromatic nitrogens is 1. The van der Waals surface area contributed by atoms with Gasteiger partial charge in [-0.15, -0.1) is 11.3 Å². The second-order valence-corrected chi connectivity index (χ2v) is 6.85. The number of halogens is 1. The van der Waals surface area contributed by atoms with Crippen molar-refractivity contribution in [1.82, 2.24) is 4.98 Å². The van der Waals surface area contributed by atoms with Crippen molar-refractivity contribution >= 4 is 78.7 Å². The van der Waals surface area contributed by atoms with E-state index in [1.165, 1.54) is 17.4 Å². The Labute approximate surface area is 158 Å². The molecule has 3 aromatic rings. The predicted molar refractivity (Wildman–Crippen MR) is 91.0 cm³/mol. The van der Waals surface area contributed by atoms with E-state index < -0.39 is 10.3 Å². The van der Waals surface area contributed by atoms with Gasteiger partial charge < -0.3 is 0 Å². The molecule has 22 heavy (non-hydrogen) atoms. The van der Waals surface area contributed by atoms with Crippen molar-refractivity contribution < 1.29 is 13.0 Å². The summed E-state index contributed by atoms with van der Waals surface area (Å²) in [5.74, 6) is 0. The zero-order valence-electron chi connectivity index (χ0n) is 11.4. The summed E-state index contributed by atoms with van der Waals surface area (Å²) in [5.41, 5.74) is 1.79. The molecule has 0 bridgehead atoms. The first-order valence-corrected chi connectivity index (χ1v) is 8.46. The molecule has 3 rings (SSSR count). The van der Waals surface area contributed by atoms with Crippen LogP contribution in [0.25, 0.3) is 20.8 Å². The maximum Gasteiger partial charge on any atom is 0.357 e. The summed E-state index contributed by atoms with van der Waals surface area (Å²) in [6.45, 7) is 0. The second-order valence-electron chi connectivity index (χ2n) is 4.26. The summed E-state index contributed by atoms with van der Waals surface area (Å²) in [5, 5.41) is 0.973. The molecule has 0 saturated carbocycles. The Balaban J connectivity index is 0.00000176. The average molecular weight is 364 g/mol. The first-order valence-electron chi connectivity index (χ1n) is 5.83. The normalized spacial score (nSPS) is 11.2. The molecule has 0 aliphatic carbocycles. The molecule has 5 nitrogen and oxygen atoms in total. The van der Waals surface area contributed by atoms with E-state index in [9.17, 15) is 8.42 Å². The number of fused-ring (bicyclic) bond motifs is 1. The van der Waals surface area contributed by atoms with Gasteiger partial charge >= 0.3 is 10.3 Å². The number of hydrogen-bond donors (Lipinski definition) is 2. The quantitative estimate of drug-likeness (QED) is 0.551. The minimum Gasteiger partial charge on any atom is -0.269 e. The molecule has 0 saturated heterocycles. The Morgan fingerprint density at radius 3 is 2.55 bits per heavy atom. The second kappa shape index (κ2) is 6.84. The van der Waals surface area contributed by atoms with E-state index in [1.807, 2.05) is 29.0 Å². The van der Waals surface area contributed by atoms with E-state index in [2.05, 4.69) is 4.98 Å². The van der Waals surface area contributed by atoms with Crippen LogP contribution in [-0.4, -0.2) is 47.5 Å². The Morgan fingerprint density at radius 2 is 1.91 bits per heavy atom. The van der Waals surface area contributed by atoms with Crippen molar-refractivity contribution in [3.8, 4) is 10.6 Å². The van der Waals surface area contributed by atoms with Crippen LogP contribution in [0.15, 0.2) is 42.5 Å². The molecular formula is C13H9ClN2NaO3S2. The first kappa shape index (κ1) is 17.7. The van der Waals surface area contributed by atoms with Crippen LogP contribution in [0.2, 0.25) is 5.02 Å². The van der Waals surface area contributed by atoms with Crippen LogP contribution in [0, 0.1) is 0 Å². The molecule has 0 spiro atoms. The molecule has 0 fully saturated rings. The predicted octanol–water partition coefficient (Wildman–Crippen LogP) is 3.45.